The van der Waals surface area contributed by atoms with Crippen molar-refractivity contribution >= 4 is 11.8 Å². The van der Waals surface area contributed by atoms with Crippen LogP contribution in [0.5, 0.6) is 17.2 Å². The standard InChI is InChI=1S/C20H24O5/c1-15(21)25-19-14-16(23-2)13-18-20(19)17(22)11-9-7-5-3-4-6-8-10-12-24-18/h3-4,9,11,13-14H,5-8,10,12H2,1-2H3/b4-3-,11-9+. The Labute approximate surface area is 148 Å². The van der Waals surface area contributed by atoms with Gasteiger partial charge in [-0.25, -0.2) is 0 Å². The van der Waals surface area contributed by atoms with Gasteiger partial charge in [-0.2, -0.15) is 0 Å². The van der Waals surface area contributed by atoms with Crippen molar-refractivity contribution in [2.45, 2.75) is 39.0 Å². The van der Waals surface area contributed by atoms with E-state index in [1.165, 1.54) is 26.2 Å². The normalized spacial score (nSPS) is 18.2. The molecule has 134 valence electrons. The van der Waals surface area contributed by atoms with Crippen molar-refractivity contribution in [1.82, 2.24) is 0 Å². The number of fused-ring (bicyclic) bond motifs is 1. The first kappa shape index (κ1) is 18.8. The molecule has 1 heterocycles. The number of hydrogen-bond donors (Lipinski definition) is 0. The third-order valence-electron chi connectivity index (χ3n) is 3.73. The van der Waals surface area contributed by atoms with Crippen LogP contribution in [0.2, 0.25) is 0 Å². The molecule has 1 aromatic carbocycles. The maximum absolute atomic E-state index is 12.7. The van der Waals surface area contributed by atoms with Gasteiger partial charge in [0.15, 0.2) is 5.78 Å². The molecule has 25 heavy (non-hydrogen) atoms. The lowest BCUT2D eigenvalue weighted by molar-refractivity contribution is -0.131. The Bertz CT molecular complexity index is 673. The molecule has 0 amide bonds. The third kappa shape index (κ3) is 5.78. The van der Waals surface area contributed by atoms with E-state index < -0.39 is 5.97 Å². The van der Waals surface area contributed by atoms with Crippen LogP contribution in [-0.2, 0) is 4.79 Å². The number of rotatable bonds is 2. The van der Waals surface area contributed by atoms with Crippen molar-refractivity contribution in [1.29, 1.82) is 0 Å². The summed E-state index contributed by atoms with van der Waals surface area (Å²) in [6.45, 7) is 1.77. The molecule has 1 aromatic rings. The molecule has 1 aliphatic heterocycles. The summed E-state index contributed by atoms with van der Waals surface area (Å²) in [7, 11) is 1.51. The van der Waals surface area contributed by atoms with Gasteiger partial charge in [0.1, 0.15) is 22.8 Å². The van der Waals surface area contributed by atoms with Gasteiger partial charge in [-0.1, -0.05) is 18.2 Å². The number of carbonyl (C=O) groups excluding carboxylic acids is 2. The van der Waals surface area contributed by atoms with Gasteiger partial charge in [0.2, 0.25) is 0 Å². The van der Waals surface area contributed by atoms with Gasteiger partial charge in [-0.05, 0) is 38.2 Å². The predicted octanol–water partition coefficient (Wildman–Crippen LogP) is 4.26. The van der Waals surface area contributed by atoms with Gasteiger partial charge >= 0.3 is 5.97 Å². The number of ether oxygens (including phenoxy) is 3. The van der Waals surface area contributed by atoms with E-state index in [4.69, 9.17) is 14.2 Å². The smallest absolute Gasteiger partial charge is 0.308 e. The number of hydrogen-bond acceptors (Lipinski definition) is 5. The summed E-state index contributed by atoms with van der Waals surface area (Å²) in [4.78, 5) is 24.1. The Morgan fingerprint density at radius 2 is 1.84 bits per heavy atom. The molecule has 5 nitrogen and oxygen atoms in total. The fourth-order valence-electron chi connectivity index (χ4n) is 2.52. The minimum absolute atomic E-state index is 0.156. The van der Waals surface area contributed by atoms with Crippen molar-refractivity contribution in [3.63, 3.8) is 0 Å². The number of esters is 1. The van der Waals surface area contributed by atoms with Crippen molar-refractivity contribution in [3.05, 3.63) is 42.0 Å². The molecule has 0 N–H and O–H groups in total. The van der Waals surface area contributed by atoms with Gasteiger partial charge in [-0.3, -0.25) is 9.59 Å². The summed E-state index contributed by atoms with van der Waals surface area (Å²) in [5, 5.41) is 0. The van der Waals surface area contributed by atoms with Crippen molar-refractivity contribution in [2.24, 2.45) is 0 Å². The SMILES string of the molecule is COc1cc2c(c(OC(C)=O)c1)C(=O)/C=C/CC/C=C\CCCCO2. The Hall–Kier alpha value is -2.56. The highest BCUT2D eigenvalue weighted by Gasteiger charge is 2.20. The van der Waals surface area contributed by atoms with Gasteiger partial charge in [0.25, 0.3) is 0 Å². The molecule has 0 saturated heterocycles. The molecule has 1 aliphatic rings. The van der Waals surface area contributed by atoms with Crippen LogP contribution in [0.25, 0.3) is 0 Å². The van der Waals surface area contributed by atoms with Crippen LogP contribution < -0.4 is 14.2 Å². The zero-order valence-electron chi connectivity index (χ0n) is 14.7. The highest BCUT2D eigenvalue weighted by molar-refractivity contribution is 6.09. The van der Waals surface area contributed by atoms with E-state index in [1.807, 2.05) is 6.08 Å². The van der Waals surface area contributed by atoms with E-state index >= 15 is 0 Å². The van der Waals surface area contributed by atoms with E-state index in [-0.39, 0.29) is 17.1 Å². The van der Waals surface area contributed by atoms with Crippen molar-refractivity contribution in [3.8, 4) is 17.2 Å². The van der Waals surface area contributed by atoms with Gasteiger partial charge in [0, 0.05) is 19.1 Å². The predicted molar refractivity (Wildman–Crippen MR) is 95.5 cm³/mol. The first-order valence-corrected chi connectivity index (χ1v) is 8.51. The number of methoxy groups -OCH3 is 1. The number of carbonyl (C=O) groups is 2. The Kier molecular flexibility index (Phi) is 7.26. The molecular weight excluding hydrogens is 320 g/mol. The molecule has 0 radical (unpaired) electrons. The zero-order valence-corrected chi connectivity index (χ0v) is 14.7. The van der Waals surface area contributed by atoms with Crippen LogP contribution in [0.4, 0.5) is 0 Å². The first-order chi connectivity index (χ1) is 12.1. The number of ketones is 1. The zero-order chi connectivity index (χ0) is 18.1. The van der Waals surface area contributed by atoms with Crippen LogP contribution in [0.1, 0.15) is 49.4 Å². The molecule has 0 bridgehead atoms. The highest BCUT2D eigenvalue weighted by atomic mass is 16.5. The third-order valence-corrected chi connectivity index (χ3v) is 3.73. The lowest BCUT2D eigenvalue weighted by Gasteiger charge is -2.15. The summed E-state index contributed by atoms with van der Waals surface area (Å²) in [6.07, 6.45) is 12.2. The highest BCUT2D eigenvalue weighted by Crippen LogP contribution is 2.35. The number of allylic oxidation sites excluding steroid dienone is 4. The van der Waals surface area contributed by atoms with E-state index in [9.17, 15) is 9.59 Å². The van der Waals surface area contributed by atoms with Crippen LogP contribution in [0.15, 0.2) is 36.4 Å². The lowest BCUT2D eigenvalue weighted by Crippen LogP contribution is -2.10. The summed E-state index contributed by atoms with van der Waals surface area (Å²) in [6, 6.07) is 3.18. The van der Waals surface area contributed by atoms with E-state index in [0.717, 1.165) is 32.1 Å². The maximum Gasteiger partial charge on any atom is 0.308 e. The fourth-order valence-corrected chi connectivity index (χ4v) is 2.52. The summed E-state index contributed by atoms with van der Waals surface area (Å²) in [5.74, 6) is 0.240. The summed E-state index contributed by atoms with van der Waals surface area (Å²) < 4.78 is 16.3. The van der Waals surface area contributed by atoms with Crippen LogP contribution in [0.3, 0.4) is 0 Å². The summed E-state index contributed by atoms with van der Waals surface area (Å²) in [5.41, 5.74) is 0.250. The van der Waals surface area contributed by atoms with Gasteiger partial charge in [0.05, 0.1) is 13.7 Å². The molecule has 0 fully saturated rings. The minimum Gasteiger partial charge on any atom is -0.496 e. The molecule has 0 atom stereocenters. The molecule has 0 unspecified atom stereocenters. The molecule has 0 aliphatic carbocycles. The van der Waals surface area contributed by atoms with Gasteiger partial charge < -0.3 is 14.2 Å². The fraction of sp³-hybridized carbons (Fsp3) is 0.400. The van der Waals surface area contributed by atoms with Crippen LogP contribution in [0, 0.1) is 0 Å². The second kappa shape index (κ2) is 9.67. The van der Waals surface area contributed by atoms with Crippen molar-refractivity contribution < 1.29 is 23.8 Å². The quantitative estimate of drug-likeness (QED) is 0.456. The minimum atomic E-state index is -0.503. The Morgan fingerprint density at radius 1 is 1.08 bits per heavy atom. The monoisotopic (exact) mass is 344 g/mol. The molecule has 5 heteroatoms. The Morgan fingerprint density at radius 3 is 2.60 bits per heavy atom. The Balaban J connectivity index is 2.42. The van der Waals surface area contributed by atoms with E-state index in [1.54, 1.807) is 6.07 Å². The van der Waals surface area contributed by atoms with Gasteiger partial charge in [-0.15, -0.1) is 0 Å². The topological polar surface area (TPSA) is 61.8 Å². The second-order valence-corrected chi connectivity index (χ2v) is 5.75. The van der Waals surface area contributed by atoms with Crippen molar-refractivity contribution in [2.75, 3.05) is 13.7 Å². The molecular formula is C20H24O5. The molecule has 0 spiro atoms. The summed E-state index contributed by atoms with van der Waals surface area (Å²) >= 11 is 0. The molecule has 2 rings (SSSR count). The maximum atomic E-state index is 12.7. The first-order valence-electron chi connectivity index (χ1n) is 8.51. The average Bonchev–Trinajstić information content (AvgIpc) is 2.58. The molecule has 0 aromatic heterocycles. The van der Waals surface area contributed by atoms with Crippen LogP contribution >= 0.6 is 0 Å². The largest absolute Gasteiger partial charge is 0.496 e. The average molecular weight is 344 g/mol. The van der Waals surface area contributed by atoms with Crippen LogP contribution in [-0.4, -0.2) is 25.5 Å². The molecule has 0 saturated carbocycles. The lowest BCUT2D eigenvalue weighted by atomic mass is 10.1. The second-order valence-electron chi connectivity index (χ2n) is 5.75. The van der Waals surface area contributed by atoms with E-state index in [0.29, 0.717) is 18.1 Å². The number of benzene rings is 1. The van der Waals surface area contributed by atoms with E-state index in [2.05, 4.69) is 12.2 Å².